The van der Waals surface area contributed by atoms with Crippen LogP contribution in [0.15, 0.2) is 60.0 Å². The van der Waals surface area contributed by atoms with E-state index in [2.05, 4.69) is 25.6 Å². The van der Waals surface area contributed by atoms with Crippen molar-refractivity contribution in [1.82, 2.24) is 44.7 Å². The minimum Gasteiger partial charge on any atom is -0.382 e. The summed E-state index contributed by atoms with van der Waals surface area (Å²) in [6, 6.07) is 9.59. The van der Waals surface area contributed by atoms with Crippen molar-refractivity contribution in [3.05, 3.63) is 66.5 Å². The molecule has 0 saturated carbocycles. The first-order valence-electron chi connectivity index (χ1n) is 13.0. The number of anilines is 1. The zero-order chi connectivity index (χ0) is 27.6. The van der Waals surface area contributed by atoms with Crippen LogP contribution >= 0.6 is 0 Å². The van der Waals surface area contributed by atoms with Crippen molar-refractivity contribution in [2.45, 2.75) is 48.6 Å². The van der Waals surface area contributed by atoms with E-state index in [0.717, 1.165) is 30.3 Å². The zero-order valence-electron chi connectivity index (χ0n) is 21.5. The number of para-hydroxylation sites is 1. The summed E-state index contributed by atoms with van der Waals surface area (Å²) < 4.78 is 29.2. The molecule has 2 saturated heterocycles. The highest BCUT2D eigenvalue weighted by atomic mass is 32.2. The Morgan fingerprint density at radius 1 is 1.05 bits per heavy atom. The minimum atomic E-state index is -3.74. The molecule has 3 N–H and O–H groups in total. The molecule has 0 unspecified atom stereocenters. The molecule has 6 heterocycles. The molecule has 0 spiro atoms. The molecule has 0 radical (unpaired) electrons. The van der Waals surface area contributed by atoms with E-state index in [-0.39, 0.29) is 40.3 Å². The van der Waals surface area contributed by atoms with Gasteiger partial charge in [0.2, 0.25) is 0 Å². The number of nitrogens with zero attached hydrogens (tertiary/aromatic N) is 8. The zero-order valence-corrected chi connectivity index (χ0v) is 22.4. The normalized spacial score (nSPS) is 20.8. The first-order chi connectivity index (χ1) is 19.3. The van der Waals surface area contributed by atoms with Crippen LogP contribution in [-0.2, 0) is 9.84 Å². The van der Waals surface area contributed by atoms with E-state index in [4.69, 9.17) is 10.7 Å². The number of nitrogen functional groups attached to an aromatic ring is 1. The first-order valence-corrected chi connectivity index (χ1v) is 14.8. The fourth-order valence-electron chi connectivity index (χ4n) is 6.23. The summed E-state index contributed by atoms with van der Waals surface area (Å²) in [5.74, 6) is -0.345. The Kier molecular flexibility index (Phi) is 5.49. The lowest BCUT2D eigenvalue weighted by atomic mass is 9.87. The molecule has 4 aromatic heterocycles. The number of sulfone groups is 1. The number of carbonyl (C=O) groups is 1. The molecule has 2 aliphatic heterocycles. The van der Waals surface area contributed by atoms with Crippen LogP contribution in [0.2, 0.25) is 0 Å². The molecule has 40 heavy (non-hydrogen) atoms. The maximum Gasteiger partial charge on any atom is 0.276 e. The highest BCUT2D eigenvalue weighted by molar-refractivity contribution is 7.91. The number of rotatable bonds is 5. The van der Waals surface area contributed by atoms with E-state index in [9.17, 15) is 13.2 Å². The van der Waals surface area contributed by atoms with Crippen molar-refractivity contribution in [2.75, 3.05) is 12.0 Å². The monoisotopic (exact) mass is 558 g/mol. The SMILES string of the molecule is CS(=O)(=O)c1c([C@H]2C[C@H]3CC[C@@H](C2)N3C(=O)c2cn[nH]n2)nc2c(-c3cnn(-c4ccccc4)c3)cnn2c1N. The van der Waals surface area contributed by atoms with E-state index >= 15 is 0 Å². The summed E-state index contributed by atoms with van der Waals surface area (Å²) in [5, 5.41) is 19.1. The third-order valence-electron chi connectivity index (χ3n) is 7.94. The van der Waals surface area contributed by atoms with Crippen LogP contribution < -0.4 is 5.73 Å². The largest absolute Gasteiger partial charge is 0.382 e. The van der Waals surface area contributed by atoms with E-state index in [1.807, 2.05) is 41.4 Å². The second kappa shape index (κ2) is 8.98. The summed E-state index contributed by atoms with van der Waals surface area (Å²) in [7, 11) is -3.74. The molecule has 2 fully saturated rings. The molecule has 13 nitrogen and oxygen atoms in total. The number of H-pyrrole nitrogens is 1. The number of carbonyl (C=O) groups excluding carboxylic acids is 1. The van der Waals surface area contributed by atoms with Crippen LogP contribution in [0.1, 0.15) is 47.8 Å². The average molecular weight is 559 g/mol. The predicted molar refractivity (Wildman–Crippen MR) is 144 cm³/mol. The second-order valence-corrected chi connectivity index (χ2v) is 12.4. The molecule has 7 rings (SSSR count). The van der Waals surface area contributed by atoms with Gasteiger partial charge in [0, 0.05) is 41.6 Å². The number of fused-ring (bicyclic) bond motifs is 3. The van der Waals surface area contributed by atoms with Gasteiger partial charge < -0.3 is 10.6 Å². The standard InChI is InChI=1S/C26H26N10O3S/c1-40(38,39)23-22(15-9-18-7-8-19(10-15)35(18)26(37)21-13-28-33-32-21)31-25-20(12-30-36(25)24(23)27)16-11-29-34(14-16)17-5-3-2-4-6-17/h2-6,11-15,18-19H,7-10,27H2,1H3,(H,28,32,33)/t15-,18+,19-. The van der Waals surface area contributed by atoms with Gasteiger partial charge in [-0.25, -0.2) is 18.1 Å². The van der Waals surface area contributed by atoms with Crippen LogP contribution in [0.3, 0.4) is 0 Å². The van der Waals surface area contributed by atoms with Gasteiger partial charge in [-0.2, -0.15) is 30.1 Å². The fourth-order valence-corrected chi connectivity index (χ4v) is 7.29. The smallest absolute Gasteiger partial charge is 0.276 e. The van der Waals surface area contributed by atoms with E-state index in [0.29, 0.717) is 29.7 Å². The number of benzene rings is 1. The van der Waals surface area contributed by atoms with Gasteiger partial charge in [0.1, 0.15) is 10.7 Å². The fraction of sp³-hybridized carbons (Fsp3) is 0.308. The van der Waals surface area contributed by atoms with E-state index < -0.39 is 9.84 Å². The molecule has 2 aliphatic rings. The summed E-state index contributed by atoms with van der Waals surface area (Å²) in [6.45, 7) is 0. The Labute approximate surface area is 228 Å². The molecule has 14 heteroatoms. The van der Waals surface area contributed by atoms with Gasteiger partial charge in [-0.15, -0.1) is 0 Å². The van der Waals surface area contributed by atoms with Crippen molar-refractivity contribution in [1.29, 1.82) is 0 Å². The number of piperidine rings is 1. The quantitative estimate of drug-likeness (QED) is 0.328. The molecular weight excluding hydrogens is 532 g/mol. The number of aromatic nitrogens is 8. The number of hydrogen-bond acceptors (Lipinski definition) is 9. The topological polar surface area (TPSA) is 170 Å². The van der Waals surface area contributed by atoms with Crippen molar-refractivity contribution in [3.63, 3.8) is 0 Å². The molecule has 5 aromatic rings. The lowest BCUT2D eigenvalue weighted by Crippen LogP contribution is -2.46. The molecule has 0 aliphatic carbocycles. The van der Waals surface area contributed by atoms with Crippen LogP contribution in [-0.4, -0.2) is 77.4 Å². The third-order valence-corrected chi connectivity index (χ3v) is 9.10. The van der Waals surface area contributed by atoms with E-state index in [1.54, 1.807) is 17.1 Å². The lowest BCUT2D eigenvalue weighted by Gasteiger charge is -2.38. The number of nitrogens with two attached hydrogens (primary N) is 1. The van der Waals surface area contributed by atoms with Gasteiger partial charge >= 0.3 is 0 Å². The summed E-state index contributed by atoms with van der Waals surface area (Å²) in [5.41, 5.74) is 10.0. The molecule has 3 atom stereocenters. The Hall–Kier alpha value is -4.59. The van der Waals surface area contributed by atoms with Gasteiger partial charge in [0.05, 0.1) is 30.0 Å². The van der Waals surface area contributed by atoms with Crippen molar-refractivity contribution in [3.8, 4) is 16.8 Å². The van der Waals surface area contributed by atoms with Crippen molar-refractivity contribution < 1.29 is 13.2 Å². The van der Waals surface area contributed by atoms with Crippen LogP contribution in [0.4, 0.5) is 5.82 Å². The third kappa shape index (κ3) is 3.86. The van der Waals surface area contributed by atoms with Gasteiger partial charge in [-0.1, -0.05) is 18.2 Å². The van der Waals surface area contributed by atoms with Gasteiger partial charge in [-0.05, 0) is 37.8 Å². The second-order valence-electron chi connectivity index (χ2n) is 10.4. The number of hydrogen-bond donors (Lipinski definition) is 2. The molecule has 1 aromatic carbocycles. The Bertz CT molecular complexity index is 1830. The molecular formula is C26H26N10O3S. The van der Waals surface area contributed by atoms with Crippen LogP contribution in [0, 0.1) is 0 Å². The van der Waals surface area contributed by atoms with Gasteiger partial charge in [-0.3, -0.25) is 4.79 Å². The summed E-state index contributed by atoms with van der Waals surface area (Å²) in [4.78, 5) is 19.9. The number of nitrogens with one attached hydrogen (secondary N) is 1. The maximum absolute atomic E-state index is 13.1. The lowest BCUT2D eigenvalue weighted by molar-refractivity contribution is 0.0562. The Morgan fingerprint density at radius 3 is 2.48 bits per heavy atom. The predicted octanol–water partition coefficient (Wildman–Crippen LogP) is 2.24. The van der Waals surface area contributed by atoms with Crippen molar-refractivity contribution in [2.24, 2.45) is 0 Å². The molecule has 204 valence electrons. The van der Waals surface area contributed by atoms with Gasteiger partial charge in [0.15, 0.2) is 21.2 Å². The highest BCUT2D eigenvalue weighted by Gasteiger charge is 2.46. The maximum atomic E-state index is 13.1. The Morgan fingerprint density at radius 2 is 1.80 bits per heavy atom. The Balaban J connectivity index is 1.30. The number of amides is 1. The molecule has 2 bridgehead atoms. The molecule has 1 amide bonds. The van der Waals surface area contributed by atoms with Crippen molar-refractivity contribution >= 4 is 27.2 Å². The minimum absolute atomic E-state index is 0.00434. The average Bonchev–Trinajstić information content (AvgIpc) is 3.74. The number of aromatic amines is 1. The van der Waals surface area contributed by atoms with E-state index in [1.165, 1.54) is 10.7 Å². The van der Waals surface area contributed by atoms with Crippen LogP contribution in [0.25, 0.3) is 22.5 Å². The highest BCUT2D eigenvalue weighted by Crippen LogP contribution is 2.45. The first kappa shape index (κ1) is 24.5. The summed E-state index contributed by atoms with van der Waals surface area (Å²) in [6.07, 6.45) is 10.6. The van der Waals surface area contributed by atoms with Gasteiger partial charge in [0.25, 0.3) is 5.91 Å². The van der Waals surface area contributed by atoms with Crippen LogP contribution in [0.5, 0.6) is 0 Å². The summed E-state index contributed by atoms with van der Waals surface area (Å²) >= 11 is 0.